The maximum Gasteiger partial charge on any atom is 0.203 e. The van der Waals surface area contributed by atoms with Gasteiger partial charge >= 0.3 is 0 Å². The summed E-state index contributed by atoms with van der Waals surface area (Å²) >= 11 is 0. The molecular weight excluding hydrogens is 446 g/mol. The molecule has 0 N–H and O–H groups in total. The van der Waals surface area contributed by atoms with Crippen LogP contribution in [0.4, 0.5) is 0 Å². The number of rotatable bonds is 11. The zero-order valence-electron chi connectivity index (χ0n) is 22.1. The van der Waals surface area contributed by atoms with E-state index in [1.54, 1.807) is 27.5 Å². The SMILES string of the molecule is CCC(C(=O)C(C)(C)CCN1CCOCC1)c1nc(-c2cc(OC)c(OC)c(OC)c2)cnc1C. The normalized spacial score (nSPS) is 15.5. The summed E-state index contributed by atoms with van der Waals surface area (Å²) in [4.78, 5) is 25.7. The fourth-order valence-electron chi connectivity index (χ4n) is 4.52. The molecule has 0 spiro atoms. The quantitative estimate of drug-likeness (QED) is 0.466. The highest BCUT2D eigenvalue weighted by Gasteiger charge is 2.35. The molecule has 0 radical (unpaired) electrons. The Labute approximate surface area is 209 Å². The van der Waals surface area contributed by atoms with Crippen LogP contribution in [-0.2, 0) is 9.53 Å². The molecule has 0 aliphatic carbocycles. The van der Waals surface area contributed by atoms with Crippen LogP contribution in [0.2, 0.25) is 0 Å². The van der Waals surface area contributed by atoms with E-state index in [-0.39, 0.29) is 11.7 Å². The molecule has 1 atom stereocenters. The lowest BCUT2D eigenvalue weighted by molar-refractivity contribution is -0.129. The molecule has 3 rings (SSSR count). The third-order valence-corrected chi connectivity index (χ3v) is 6.83. The molecule has 1 aromatic carbocycles. The number of nitrogens with zero attached hydrogens (tertiary/aromatic N) is 3. The number of hydrogen-bond donors (Lipinski definition) is 0. The predicted molar refractivity (Wildman–Crippen MR) is 136 cm³/mol. The number of aryl methyl sites for hydroxylation is 1. The molecule has 8 nitrogen and oxygen atoms in total. The van der Waals surface area contributed by atoms with Crippen molar-refractivity contribution in [3.8, 4) is 28.5 Å². The highest BCUT2D eigenvalue weighted by Crippen LogP contribution is 2.41. The van der Waals surface area contributed by atoms with Gasteiger partial charge in [-0.15, -0.1) is 0 Å². The second-order valence-electron chi connectivity index (χ2n) is 9.55. The number of benzene rings is 1. The van der Waals surface area contributed by atoms with Gasteiger partial charge in [-0.25, -0.2) is 4.98 Å². The zero-order valence-corrected chi connectivity index (χ0v) is 22.1. The third kappa shape index (κ3) is 6.11. The number of hydrogen-bond acceptors (Lipinski definition) is 8. The van der Waals surface area contributed by atoms with Crippen molar-refractivity contribution in [1.82, 2.24) is 14.9 Å². The molecule has 8 heteroatoms. The van der Waals surface area contributed by atoms with Crippen LogP contribution >= 0.6 is 0 Å². The van der Waals surface area contributed by atoms with Crippen LogP contribution < -0.4 is 14.2 Å². The van der Waals surface area contributed by atoms with Gasteiger partial charge in [0.1, 0.15) is 5.78 Å². The van der Waals surface area contributed by atoms with E-state index in [4.69, 9.17) is 23.9 Å². The molecule has 1 aliphatic heterocycles. The van der Waals surface area contributed by atoms with Gasteiger partial charge in [0.15, 0.2) is 11.5 Å². The van der Waals surface area contributed by atoms with Crippen LogP contribution in [0.1, 0.15) is 50.9 Å². The van der Waals surface area contributed by atoms with E-state index in [2.05, 4.69) is 9.88 Å². The number of morpholine rings is 1. The molecular formula is C27H39N3O5. The molecule has 1 saturated heterocycles. The van der Waals surface area contributed by atoms with Crippen molar-refractivity contribution in [1.29, 1.82) is 0 Å². The second-order valence-corrected chi connectivity index (χ2v) is 9.55. The first kappa shape index (κ1) is 26.9. The fraction of sp³-hybridized carbons (Fsp3) is 0.593. The van der Waals surface area contributed by atoms with Gasteiger partial charge in [-0.05, 0) is 38.4 Å². The number of aromatic nitrogens is 2. The molecule has 0 saturated carbocycles. The number of ether oxygens (including phenoxy) is 4. The summed E-state index contributed by atoms with van der Waals surface area (Å²) in [7, 11) is 4.73. The molecule has 1 aromatic heterocycles. The molecule has 192 valence electrons. The summed E-state index contributed by atoms with van der Waals surface area (Å²) in [6, 6.07) is 3.69. The zero-order chi connectivity index (χ0) is 25.6. The van der Waals surface area contributed by atoms with Crippen molar-refractivity contribution in [2.75, 3.05) is 54.2 Å². The Morgan fingerprint density at radius 3 is 2.29 bits per heavy atom. The minimum Gasteiger partial charge on any atom is -0.493 e. The van der Waals surface area contributed by atoms with Crippen LogP contribution in [0.5, 0.6) is 17.2 Å². The van der Waals surface area contributed by atoms with Gasteiger partial charge in [0.25, 0.3) is 0 Å². The van der Waals surface area contributed by atoms with E-state index in [1.165, 1.54) is 0 Å². The Hall–Kier alpha value is -2.71. The Bertz CT molecular complexity index is 993. The van der Waals surface area contributed by atoms with Gasteiger partial charge in [0.05, 0.1) is 63.7 Å². The first-order valence-corrected chi connectivity index (χ1v) is 12.2. The lowest BCUT2D eigenvalue weighted by Gasteiger charge is -2.32. The Morgan fingerprint density at radius 1 is 1.11 bits per heavy atom. The molecule has 35 heavy (non-hydrogen) atoms. The number of carbonyl (C=O) groups excluding carboxylic acids is 1. The molecule has 0 bridgehead atoms. The Kier molecular flexibility index (Phi) is 9.08. The van der Waals surface area contributed by atoms with Crippen molar-refractivity contribution in [3.63, 3.8) is 0 Å². The lowest BCUT2D eigenvalue weighted by atomic mass is 9.76. The largest absolute Gasteiger partial charge is 0.493 e. The maximum atomic E-state index is 13.8. The molecule has 0 amide bonds. The van der Waals surface area contributed by atoms with E-state index in [9.17, 15) is 4.79 Å². The Morgan fingerprint density at radius 2 is 1.74 bits per heavy atom. The summed E-state index contributed by atoms with van der Waals surface area (Å²) in [5.41, 5.74) is 2.45. The molecule has 2 aromatic rings. The first-order chi connectivity index (χ1) is 16.7. The highest BCUT2D eigenvalue weighted by molar-refractivity contribution is 5.90. The van der Waals surface area contributed by atoms with Gasteiger partial charge in [-0.3, -0.25) is 14.7 Å². The van der Waals surface area contributed by atoms with Crippen molar-refractivity contribution >= 4 is 5.78 Å². The standard InChI is InChI=1S/C27H39N3O5/c1-8-20(26(31)27(3,4)9-10-30-11-13-35-14-12-30)24-18(2)28-17-21(29-24)19-15-22(32-5)25(34-7)23(16-19)33-6/h15-17,20H,8-14H2,1-7H3. The van der Waals surface area contributed by atoms with E-state index in [0.29, 0.717) is 29.4 Å². The number of methoxy groups -OCH3 is 3. The molecule has 1 aliphatic rings. The van der Waals surface area contributed by atoms with Gasteiger partial charge < -0.3 is 18.9 Å². The Balaban J connectivity index is 1.90. The van der Waals surface area contributed by atoms with Gasteiger partial charge in [0.2, 0.25) is 5.75 Å². The topological polar surface area (TPSA) is 83.0 Å². The van der Waals surface area contributed by atoms with E-state index in [0.717, 1.165) is 56.2 Å². The maximum absolute atomic E-state index is 13.8. The fourth-order valence-corrected chi connectivity index (χ4v) is 4.52. The van der Waals surface area contributed by atoms with Crippen LogP contribution in [0.25, 0.3) is 11.3 Å². The second kappa shape index (κ2) is 11.8. The summed E-state index contributed by atoms with van der Waals surface area (Å²) in [5.74, 6) is 1.47. The van der Waals surface area contributed by atoms with Crippen LogP contribution in [0.15, 0.2) is 18.3 Å². The van der Waals surface area contributed by atoms with Gasteiger partial charge in [-0.2, -0.15) is 0 Å². The molecule has 1 fully saturated rings. The highest BCUT2D eigenvalue weighted by atomic mass is 16.5. The summed E-state index contributed by atoms with van der Waals surface area (Å²) in [5, 5.41) is 0. The molecule has 2 heterocycles. The van der Waals surface area contributed by atoms with Crippen molar-refractivity contribution in [2.45, 2.75) is 46.5 Å². The van der Waals surface area contributed by atoms with Crippen LogP contribution in [-0.4, -0.2) is 74.8 Å². The van der Waals surface area contributed by atoms with Gasteiger partial charge in [-0.1, -0.05) is 20.8 Å². The minimum atomic E-state index is -0.477. The average molecular weight is 486 g/mol. The van der Waals surface area contributed by atoms with E-state index >= 15 is 0 Å². The van der Waals surface area contributed by atoms with Crippen molar-refractivity contribution in [2.24, 2.45) is 5.41 Å². The third-order valence-electron chi connectivity index (χ3n) is 6.83. The number of Topliss-reactive ketones (excluding diaryl/α,β-unsaturated/α-hetero) is 1. The predicted octanol–water partition coefficient (Wildman–Crippen LogP) is 4.29. The van der Waals surface area contributed by atoms with Crippen molar-refractivity contribution < 1.29 is 23.7 Å². The van der Waals surface area contributed by atoms with Crippen LogP contribution in [0, 0.1) is 12.3 Å². The van der Waals surface area contributed by atoms with E-state index < -0.39 is 5.41 Å². The van der Waals surface area contributed by atoms with Gasteiger partial charge in [0, 0.05) is 24.1 Å². The monoisotopic (exact) mass is 485 g/mol. The lowest BCUT2D eigenvalue weighted by Crippen LogP contribution is -2.40. The first-order valence-electron chi connectivity index (χ1n) is 12.2. The van der Waals surface area contributed by atoms with Crippen molar-refractivity contribution in [3.05, 3.63) is 29.7 Å². The summed E-state index contributed by atoms with van der Waals surface area (Å²) in [6.45, 7) is 12.3. The number of ketones is 1. The minimum absolute atomic E-state index is 0.202. The molecule has 1 unspecified atom stereocenters. The summed E-state index contributed by atoms with van der Waals surface area (Å²) in [6.07, 6.45) is 3.18. The summed E-state index contributed by atoms with van der Waals surface area (Å²) < 4.78 is 21.9. The number of carbonyl (C=O) groups is 1. The average Bonchev–Trinajstić information content (AvgIpc) is 2.88. The van der Waals surface area contributed by atoms with E-state index in [1.807, 2.05) is 39.8 Å². The smallest absolute Gasteiger partial charge is 0.203 e. The van der Waals surface area contributed by atoms with Crippen LogP contribution in [0.3, 0.4) is 0 Å².